The van der Waals surface area contributed by atoms with Crippen LogP contribution in [0.2, 0.25) is 10.2 Å². The minimum absolute atomic E-state index is 0.0918. The molecule has 1 unspecified atom stereocenters. The lowest BCUT2D eigenvalue weighted by Crippen LogP contribution is -2.48. The van der Waals surface area contributed by atoms with Crippen LogP contribution in [0.5, 0.6) is 0 Å². The molecule has 0 radical (unpaired) electrons. The van der Waals surface area contributed by atoms with Gasteiger partial charge in [-0.1, -0.05) is 37.0 Å². The van der Waals surface area contributed by atoms with Crippen LogP contribution < -0.4 is 5.32 Å². The largest absolute Gasteiger partial charge is 0.375 e. The van der Waals surface area contributed by atoms with Crippen molar-refractivity contribution in [3.05, 3.63) is 28.0 Å². The molecule has 1 N–H and O–H groups in total. The van der Waals surface area contributed by atoms with Crippen molar-refractivity contribution >= 4 is 29.1 Å². The number of nitrogens with one attached hydrogen (secondary N) is 1. The van der Waals surface area contributed by atoms with Crippen LogP contribution in [0.1, 0.15) is 49.9 Å². The summed E-state index contributed by atoms with van der Waals surface area (Å²) in [6.45, 7) is 4.90. The molecule has 1 saturated heterocycles. The maximum Gasteiger partial charge on any atom is 0.253 e. The van der Waals surface area contributed by atoms with E-state index in [4.69, 9.17) is 27.9 Å². The summed E-state index contributed by atoms with van der Waals surface area (Å²) in [6, 6.07) is 1.58. The molecule has 0 bridgehead atoms. The van der Waals surface area contributed by atoms with Gasteiger partial charge >= 0.3 is 0 Å². The average molecular weight is 331 g/mol. The Bertz CT molecular complexity index is 518. The Hall–Kier alpha value is -0.840. The van der Waals surface area contributed by atoms with Crippen LogP contribution in [0.3, 0.4) is 0 Å². The molecule has 1 atom stereocenters. The minimum atomic E-state index is -0.211. The highest BCUT2D eigenvalue weighted by Crippen LogP contribution is 2.31. The first-order chi connectivity index (χ1) is 9.99. The van der Waals surface area contributed by atoms with Crippen molar-refractivity contribution in [1.82, 2.24) is 10.3 Å². The molecule has 0 aromatic carbocycles. The van der Waals surface area contributed by atoms with Gasteiger partial charge in [0.15, 0.2) is 0 Å². The Morgan fingerprint density at radius 2 is 2.19 bits per heavy atom. The Kier molecular flexibility index (Phi) is 5.47. The van der Waals surface area contributed by atoms with Crippen molar-refractivity contribution in [2.24, 2.45) is 0 Å². The zero-order valence-electron chi connectivity index (χ0n) is 12.3. The number of amides is 1. The summed E-state index contributed by atoms with van der Waals surface area (Å²) in [4.78, 5) is 16.2. The zero-order valence-corrected chi connectivity index (χ0v) is 13.8. The molecular formula is C15H20Cl2N2O2. The summed E-state index contributed by atoms with van der Waals surface area (Å²) >= 11 is 11.8. The normalized spacial score (nSPS) is 21.0. The predicted molar refractivity (Wildman–Crippen MR) is 84.0 cm³/mol. The third kappa shape index (κ3) is 3.87. The topological polar surface area (TPSA) is 51.2 Å². The maximum atomic E-state index is 12.4. The first kappa shape index (κ1) is 16.5. The van der Waals surface area contributed by atoms with E-state index in [0.717, 1.165) is 25.7 Å². The monoisotopic (exact) mass is 330 g/mol. The van der Waals surface area contributed by atoms with Gasteiger partial charge in [-0.3, -0.25) is 4.79 Å². The maximum absolute atomic E-state index is 12.4. The lowest BCUT2D eigenvalue weighted by atomic mass is 9.86. The first-order valence-electron chi connectivity index (χ1n) is 7.25. The number of carbonyl (C=O) groups excluding carboxylic acids is 1. The summed E-state index contributed by atoms with van der Waals surface area (Å²) in [5, 5.41) is 3.60. The molecule has 116 valence electrons. The molecule has 1 amide bonds. The lowest BCUT2D eigenvalue weighted by Gasteiger charge is -2.40. The zero-order chi connectivity index (χ0) is 15.5. The number of nitrogens with zero attached hydrogens (tertiary/aromatic N) is 1. The van der Waals surface area contributed by atoms with Crippen molar-refractivity contribution in [2.45, 2.75) is 51.2 Å². The Balaban J connectivity index is 2.07. The third-order valence-electron chi connectivity index (χ3n) is 4.18. The Morgan fingerprint density at radius 3 is 2.86 bits per heavy atom. The number of rotatable bonds is 4. The van der Waals surface area contributed by atoms with Gasteiger partial charge in [-0.05, 0) is 31.7 Å². The predicted octanol–water partition coefficient (Wildman–Crippen LogP) is 3.86. The smallest absolute Gasteiger partial charge is 0.253 e. The number of carbonyl (C=O) groups is 1. The molecule has 1 aromatic rings. The van der Waals surface area contributed by atoms with Crippen molar-refractivity contribution in [2.75, 3.05) is 6.61 Å². The second-order valence-electron chi connectivity index (χ2n) is 5.39. The van der Waals surface area contributed by atoms with Gasteiger partial charge in [-0.25, -0.2) is 4.98 Å². The Labute approximate surface area is 135 Å². The van der Waals surface area contributed by atoms with Crippen LogP contribution in [0.25, 0.3) is 0 Å². The van der Waals surface area contributed by atoms with Gasteiger partial charge < -0.3 is 10.1 Å². The van der Waals surface area contributed by atoms with Gasteiger partial charge in [0.25, 0.3) is 5.91 Å². The van der Waals surface area contributed by atoms with Crippen LogP contribution >= 0.6 is 23.2 Å². The fourth-order valence-corrected chi connectivity index (χ4v) is 3.09. The molecule has 0 spiro atoms. The van der Waals surface area contributed by atoms with Gasteiger partial charge in [-0.15, -0.1) is 0 Å². The second kappa shape index (κ2) is 6.95. The van der Waals surface area contributed by atoms with Crippen LogP contribution in [0.4, 0.5) is 0 Å². The van der Waals surface area contributed by atoms with Crippen molar-refractivity contribution < 1.29 is 9.53 Å². The average Bonchev–Trinajstić information content (AvgIpc) is 2.49. The first-order valence-corrected chi connectivity index (χ1v) is 8.01. The summed E-state index contributed by atoms with van der Waals surface area (Å²) in [5.41, 5.74) is 0.234. The number of pyridine rings is 1. The van der Waals surface area contributed by atoms with E-state index in [1.54, 1.807) is 0 Å². The fourth-order valence-electron chi connectivity index (χ4n) is 2.74. The van der Waals surface area contributed by atoms with Gasteiger partial charge in [-0.2, -0.15) is 0 Å². The lowest BCUT2D eigenvalue weighted by molar-refractivity contribution is -0.0917. The summed E-state index contributed by atoms with van der Waals surface area (Å²) in [5.74, 6) is -0.211. The molecule has 1 aromatic heterocycles. The molecule has 4 nitrogen and oxygen atoms in total. The molecule has 1 aliphatic rings. The quantitative estimate of drug-likeness (QED) is 0.853. The van der Waals surface area contributed by atoms with E-state index in [1.165, 1.54) is 12.3 Å². The minimum Gasteiger partial charge on any atom is -0.375 e. The summed E-state index contributed by atoms with van der Waals surface area (Å²) < 4.78 is 5.92. The number of hydrogen-bond acceptors (Lipinski definition) is 3. The van der Waals surface area contributed by atoms with Crippen molar-refractivity contribution in [3.63, 3.8) is 0 Å². The van der Waals surface area contributed by atoms with Crippen molar-refractivity contribution in [1.29, 1.82) is 0 Å². The van der Waals surface area contributed by atoms with E-state index < -0.39 is 0 Å². The molecular weight excluding hydrogens is 311 g/mol. The van der Waals surface area contributed by atoms with Crippen molar-refractivity contribution in [3.8, 4) is 0 Å². The standard InChI is InChI=1S/C15H20Cl2N2O2/c1-3-15(4-2)8-10(5-6-21-15)19-14(20)11-7-13(17)18-9-12(11)16/h7,9-10H,3-6,8H2,1-2H3,(H,19,20). The van der Waals surface area contributed by atoms with E-state index >= 15 is 0 Å². The van der Waals surface area contributed by atoms with Crippen LogP contribution in [0, 0.1) is 0 Å². The number of ether oxygens (including phenoxy) is 1. The SMILES string of the molecule is CCC1(CC)CC(NC(=O)c2cc(Cl)ncc2Cl)CCO1. The van der Waals surface area contributed by atoms with Crippen LogP contribution in [-0.2, 0) is 4.74 Å². The molecule has 1 fully saturated rings. The van der Waals surface area contributed by atoms with Gasteiger partial charge in [0, 0.05) is 18.8 Å². The van der Waals surface area contributed by atoms with E-state index in [-0.39, 0.29) is 22.7 Å². The van der Waals surface area contributed by atoms with Gasteiger partial charge in [0.1, 0.15) is 5.15 Å². The highest BCUT2D eigenvalue weighted by atomic mass is 35.5. The fraction of sp³-hybridized carbons (Fsp3) is 0.600. The van der Waals surface area contributed by atoms with E-state index in [0.29, 0.717) is 17.2 Å². The highest BCUT2D eigenvalue weighted by molar-refractivity contribution is 6.35. The van der Waals surface area contributed by atoms with Gasteiger partial charge in [0.2, 0.25) is 0 Å². The van der Waals surface area contributed by atoms with E-state index in [2.05, 4.69) is 24.1 Å². The molecule has 2 rings (SSSR count). The molecule has 2 heterocycles. The molecule has 0 aliphatic carbocycles. The highest BCUT2D eigenvalue weighted by Gasteiger charge is 2.35. The van der Waals surface area contributed by atoms with Crippen LogP contribution in [0.15, 0.2) is 12.3 Å². The number of halogens is 2. The summed E-state index contributed by atoms with van der Waals surface area (Å²) in [7, 11) is 0. The molecule has 0 saturated carbocycles. The van der Waals surface area contributed by atoms with E-state index in [1.807, 2.05) is 0 Å². The molecule has 6 heteroatoms. The van der Waals surface area contributed by atoms with E-state index in [9.17, 15) is 4.79 Å². The summed E-state index contributed by atoms with van der Waals surface area (Å²) in [6.07, 6.45) is 4.91. The van der Waals surface area contributed by atoms with Crippen LogP contribution in [-0.4, -0.2) is 29.1 Å². The Morgan fingerprint density at radius 1 is 1.48 bits per heavy atom. The molecule has 1 aliphatic heterocycles. The number of hydrogen-bond donors (Lipinski definition) is 1. The molecule has 21 heavy (non-hydrogen) atoms. The van der Waals surface area contributed by atoms with Gasteiger partial charge in [0.05, 0.1) is 16.2 Å². The number of aromatic nitrogens is 1. The second-order valence-corrected chi connectivity index (χ2v) is 6.18. The third-order valence-corrected chi connectivity index (χ3v) is 4.69.